The number of hydrogen-bond donors (Lipinski definition) is 1. The van der Waals surface area contributed by atoms with E-state index in [9.17, 15) is 18.0 Å². The number of aromatic nitrogens is 3. The number of thioether (sulfide) groups is 1. The Labute approximate surface area is 161 Å². The van der Waals surface area contributed by atoms with Gasteiger partial charge in [0.2, 0.25) is 11.1 Å². The zero-order chi connectivity index (χ0) is 19.6. The van der Waals surface area contributed by atoms with E-state index >= 15 is 0 Å². The van der Waals surface area contributed by atoms with Gasteiger partial charge in [0.25, 0.3) is 0 Å². The first kappa shape index (κ1) is 20.3. The molecule has 1 amide bonds. The highest BCUT2D eigenvalue weighted by molar-refractivity contribution is 7.99. The van der Waals surface area contributed by atoms with Crippen molar-refractivity contribution in [3.8, 4) is 0 Å². The van der Waals surface area contributed by atoms with Gasteiger partial charge in [0.15, 0.2) is 5.82 Å². The summed E-state index contributed by atoms with van der Waals surface area (Å²) in [6.45, 7) is 0.477. The van der Waals surface area contributed by atoms with E-state index < -0.39 is 24.7 Å². The Morgan fingerprint density at radius 1 is 1.26 bits per heavy atom. The molecule has 1 heterocycles. The molecule has 1 atom stereocenters. The van der Waals surface area contributed by atoms with Crippen molar-refractivity contribution in [1.82, 2.24) is 19.8 Å². The molecule has 2 fully saturated rings. The average Bonchev–Trinajstić information content (AvgIpc) is 3.41. The fourth-order valence-electron chi connectivity index (χ4n) is 3.72. The summed E-state index contributed by atoms with van der Waals surface area (Å²) in [7, 11) is 0. The quantitative estimate of drug-likeness (QED) is 0.556. The number of rotatable bonds is 7. The molecule has 6 nitrogen and oxygen atoms in total. The minimum absolute atomic E-state index is 0.132. The summed E-state index contributed by atoms with van der Waals surface area (Å²) in [4.78, 5) is 13.4. The van der Waals surface area contributed by atoms with Crippen molar-refractivity contribution in [2.45, 2.75) is 75.2 Å². The molecular weight excluding hydrogens is 379 g/mol. The normalized spacial score (nSPS) is 19.9. The second-order valence-corrected chi connectivity index (χ2v) is 8.49. The standard InChI is InChI=1S/C17H26F3N5OS/c1-11(12-7-8-12)24(10-17(18,19)20)14(26)9-27-16-23-22-15(25(16)21)13-5-3-2-4-6-13/h11-13H,2-10,21H2,1H3. The van der Waals surface area contributed by atoms with Crippen LogP contribution in [0.1, 0.15) is 63.6 Å². The molecule has 0 aliphatic heterocycles. The van der Waals surface area contributed by atoms with Crippen molar-refractivity contribution in [3.05, 3.63) is 5.82 Å². The van der Waals surface area contributed by atoms with E-state index in [-0.39, 0.29) is 17.6 Å². The summed E-state index contributed by atoms with van der Waals surface area (Å²) in [6.07, 6.45) is 2.82. The molecule has 2 aliphatic carbocycles. The number of hydrogen-bond acceptors (Lipinski definition) is 5. The zero-order valence-electron chi connectivity index (χ0n) is 15.4. The summed E-state index contributed by atoms with van der Waals surface area (Å²) >= 11 is 1.05. The van der Waals surface area contributed by atoms with Crippen LogP contribution in [0.15, 0.2) is 5.16 Å². The monoisotopic (exact) mass is 405 g/mol. The Morgan fingerprint density at radius 2 is 1.93 bits per heavy atom. The SMILES string of the molecule is CC(C1CC1)N(CC(F)(F)F)C(=O)CSc1nnc(C2CCCCC2)n1N. The Kier molecular flexibility index (Phi) is 6.22. The van der Waals surface area contributed by atoms with E-state index in [1.165, 1.54) is 11.1 Å². The Balaban J connectivity index is 1.62. The maximum atomic E-state index is 12.9. The molecule has 3 rings (SSSR count). The van der Waals surface area contributed by atoms with Crippen LogP contribution in [0.25, 0.3) is 0 Å². The van der Waals surface area contributed by atoms with Gasteiger partial charge in [-0.3, -0.25) is 4.79 Å². The minimum Gasteiger partial charge on any atom is -0.336 e. The Bertz CT molecular complexity index is 655. The molecule has 2 N–H and O–H groups in total. The van der Waals surface area contributed by atoms with Crippen LogP contribution in [0.4, 0.5) is 13.2 Å². The van der Waals surface area contributed by atoms with E-state index in [0.29, 0.717) is 11.0 Å². The fourth-order valence-corrected chi connectivity index (χ4v) is 4.47. The molecule has 0 saturated heterocycles. The number of carbonyl (C=O) groups is 1. The van der Waals surface area contributed by atoms with Crippen LogP contribution in [0.5, 0.6) is 0 Å². The van der Waals surface area contributed by atoms with Crippen molar-refractivity contribution in [1.29, 1.82) is 0 Å². The third kappa shape index (κ3) is 5.30. The van der Waals surface area contributed by atoms with Gasteiger partial charge in [-0.25, -0.2) is 4.68 Å². The van der Waals surface area contributed by atoms with Gasteiger partial charge in [-0.1, -0.05) is 31.0 Å². The van der Waals surface area contributed by atoms with Crippen molar-refractivity contribution >= 4 is 17.7 Å². The molecule has 2 saturated carbocycles. The Hall–Kier alpha value is -1.45. The van der Waals surface area contributed by atoms with E-state index in [1.54, 1.807) is 6.92 Å². The third-order valence-electron chi connectivity index (χ3n) is 5.45. The largest absolute Gasteiger partial charge is 0.406 e. The van der Waals surface area contributed by atoms with Gasteiger partial charge in [0, 0.05) is 12.0 Å². The van der Waals surface area contributed by atoms with Gasteiger partial charge < -0.3 is 10.7 Å². The van der Waals surface area contributed by atoms with Crippen LogP contribution in [0.3, 0.4) is 0 Å². The highest BCUT2D eigenvalue weighted by Gasteiger charge is 2.40. The lowest BCUT2D eigenvalue weighted by atomic mass is 9.89. The molecule has 152 valence electrons. The molecule has 0 spiro atoms. The van der Waals surface area contributed by atoms with Gasteiger partial charge in [-0.15, -0.1) is 10.2 Å². The first-order valence-corrected chi connectivity index (χ1v) is 10.4. The summed E-state index contributed by atoms with van der Waals surface area (Å²) < 4.78 is 40.1. The number of nitrogens with zero attached hydrogens (tertiary/aromatic N) is 4. The summed E-state index contributed by atoms with van der Waals surface area (Å²) in [5.74, 6) is 6.53. The van der Waals surface area contributed by atoms with Crippen molar-refractivity contribution < 1.29 is 18.0 Å². The lowest BCUT2D eigenvalue weighted by molar-refractivity contribution is -0.164. The van der Waals surface area contributed by atoms with Gasteiger partial charge >= 0.3 is 6.18 Å². The third-order valence-corrected chi connectivity index (χ3v) is 6.38. The summed E-state index contributed by atoms with van der Waals surface area (Å²) in [5, 5.41) is 8.57. The number of nitrogens with two attached hydrogens (primary N) is 1. The van der Waals surface area contributed by atoms with Gasteiger partial charge in [0.1, 0.15) is 6.54 Å². The number of carbonyl (C=O) groups excluding carboxylic acids is 1. The highest BCUT2D eigenvalue weighted by atomic mass is 32.2. The highest BCUT2D eigenvalue weighted by Crippen LogP contribution is 2.37. The van der Waals surface area contributed by atoms with Gasteiger partial charge in [-0.2, -0.15) is 13.2 Å². The first-order chi connectivity index (χ1) is 12.8. The molecule has 0 bridgehead atoms. The van der Waals surface area contributed by atoms with Crippen LogP contribution in [-0.4, -0.2) is 50.2 Å². The van der Waals surface area contributed by atoms with E-state index in [4.69, 9.17) is 5.84 Å². The minimum atomic E-state index is -4.41. The predicted molar refractivity (Wildman–Crippen MR) is 96.7 cm³/mol. The molecule has 1 aromatic heterocycles. The molecule has 1 unspecified atom stereocenters. The molecular formula is C17H26F3N5OS. The second kappa shape index (κ2) is 8.28. The van der Waals surface area contributed by atoms with Crippen LogP contribution < -0.4 is 5.84 Å². The maximum Gasteiger partial charge on any atom is 0.406 e. The number of amides is 1. The van der Waals surface area contributed by atoms with Gasteiger partial charge in [-0.05, 0) is 38.5 Å². The molecule has 0 radical (unpaired) electrons. The van der Waals surface area contributed by atoms with E-state index in [1.807, 2.05) is 0 Å². The van der Waals surface area contributed by atoms with Crippen LogP contribution in [0, 0.1) is 5.92 Å². The lowest BCUT2D eigenvalue weighted by Gasteiger charge is -2.30. The fraction of sp³-hybridized carbons (Fsp3) is 0.824. The summed E-state index contributed by atoms with van der Waals surface area (Å²) in [6, 6.07) is -0.409. The van der Waals surface area contributed by atoms with Crippen LogP contribution in [-0.2, 0) is 4.79 Å². The van der Waals surface area contributed by atoms with Crippen molar-refractivity contribution in [2.75, 3.05) is 18.1 Å². The van der Waals surface area contributed by atoms with Crippen LogP contribution in [0.2, 0.25) is 0 Å². The molecule has 27 heavy (non-hydrogen) atoms. The topological polar surface area (TPSA) is 77.0 Å². The maximum absolute atomic E-state index is 12.9. The van der Waals surface area contributed by atoms with E-state index in [2.05, 4.69) is 10.2 Å². The van der Waals surface area contributed by atoms with E-state index in [0.717, 1.165) is 55.2 Å². The number of nitrogen functional groups attached to an aromatic ring is 1. The summed E-state index contributed by atoms with van der Waals surface area (Å²) in [5.41, 5.74) is 0. The number of alkyl halides is 3. The molecule has 2 aliphatic rings. The predicted octanol–water partition coefficient (Wildman–Crippen LogP) is 3.32. The molecule has 1 aromatic rings. The first-order valence-electron chi connectivity index (χ1n) is 9.45. The van der Waals surface area contributed by atoms with Gasteiger partial charge in [0.05, 0.1) is 5.75 Å². The smallest absolute Gasteiger partial charge is 0.336 e. The molecule has 10 heteroatoms. The Morgan fingerprint density at radius 3 is 2.52 bits per heavy atom. The average molecular weight is 405 g/mol. The number of halogens is 3. The van der Waals surface area contributed by atoms with Crippen molar-refractivity contribution in [2.24, 2.45) is 5.92 Å². The van der Waals surface area contributed by atoms with Crippen LogP contribution >= 0.6 is 11.8 Å². The second-order valence-electron chi connectivity index (χ2n) is 7.55. The molecule has 0 aromatic carbocycles. The van der Waals surface area contributed by atoms with Crippen molar-refractivity contribution in [3.63, 3.8) is 0 Å². The lowest BCUT2D eigenvalue weighted by Crippen LogP contribution is -2.46. The zero-order valence-corrected chi connectivity index (χ0v) is 16.2.